The third-order valence-electron chi connectivity index (χ3n) is 3.14. The second kappa shape index (κ2) is 8.18. The van der Waals surface area contributed by atoms with E-state index >= 15 is 0 Å². The molecular weight excluding hydrogens is 220 g/mol. The fourth-order valence-electron chi connectivity index (χ4n) is 1.97. The summed E-state index contributed by atoms with van der Waals surface area (Å²) >= 11 is 0. The molecule has 1 aromatic rings. The van der Waals surface area contributed by atoms with Gasteiger partial charge in [0.25, 0.3) is 0 Å². The van der Waals surface area contributed by atoms with Crippen molar-refractivity contribution >= 4 is 0 Å². The quantitative estimate of drug-likeness (QED) is 0.578. The molecule has 0 heterocycles. The summed E-state index contributed by atoms with van der Waals surface area (Å²) in [7, 11) is 0. The molecule has 0 fully saturated rings. The van der Waals surface area contributed by atoms with Crippen molar-refractivity contribution in [2.45, 2.75) is 59.8 Å². The Balaban J connectivity index is 2.51. The molecule has 1 heteroatoms. The highest BCUT2D eigenvalue weighted by atomic mass is 16.5. The maximum absolute atomic E-state index is 5.87. The molecule has 0 aromatic heterocycles. The van der Waals surface area contributed by atoms with E-state index in [0.717, 1.165) is 12.4 Å². The van der Waals surface area contributed by atoms with Crippen LogP contribution >= 0.6 is 0 Å². The topological polar surface area (TPSA) is 9.23 Å². The first-order valence-corrected chi connectivity index (χ1v) is 7.35. The van der Waals surface area contributed by atoms with E-state index in [0.29, 0.717) is 5.92 Å². The Labute approximate surface area is 113 Å². The molecule has 0 bridgehead atoms. The molecule has 0 N–H and O–H groups in total. The van der Waals surface area contributed by atoms with E-state index in [9.17, 15) is 0 Å². The average molecular weight is 248 g/mol. The number of hydrogen-bond donors (Lipinski definition) is 0. The second-order valence-electron chi connectivity index (χ2n) is 5.62. The van der Waals surface area contributed by atoms with Crippen molar-refractivity contribution in [1.82, 2.24) is 0 Å². The van der Waals surface area contributed by atoms with Crippen LogP contribution < -0.4 is 4.74 Å². The maximum Gasteiger partial charge on any atom is 0.122 e. The van der Waals surface area contributed by atoms with Gasteiger partial charge in [-0.3, -0.25) is 0 Å². The van der Waals surface area contributed by atoms with Crippen molar-refractivity contribution in [3.63, 3.8) is 0 Å². The Morgan fingerprint density at radius 1 is 1.11 bits per heavy atom. The van der Waals surface area contributed by atoms with Crippen LogP contribution in [-0.2, 0) is 6.42 Å². The minimum absolute atomic E-state index is 0.581. The van der Waals surface area contributed by atoms with Crippen molar-refractivity contribution in [2.75, 3.05) is 6.61 Å². The van der Waals surface area contributed by atoms with Gasteiger partial charge in [-0.2, -0.15) is 0 Å². The van der Waals surface area contributed by atoms with Gasteiger partial charge in [0.2, 0.25) is 0 Å². The van der Waals surface area contributed by atoms with E-state index in [-0.39, 0.29) is 0 Å². The summed E-state index contributed by atoms with van der Waals surface area (Å²) in [5, 5.41) is 0. The molecule has 1 rings (SSSR count). The fourth-order valence-corrected chi connectivity index (χ4v) is 1.97. The Hall–Kier alpha value is -0.980. The minimum Gasteiger partial charge on any atom is -0.493 e. The molecule has 0 aliphatic rings. The number of benzene rings is 1. The SMILES string of the molecule is CCCCCCc1ccc(C)c(OCC(C)C)c1. The third-order valence-corrected chi connectivity index (χ3v) is 3.14. The summed E-state index contributed by atoms with van der Waals surface area (Å²) in [6.45, 7) is 9.55. The maximum atomic E-state index is 5.87. The van der Waals surface area contributed by atoms with Crippen LogP contribution in [-0.4, -0.2) is 6.61 Å². The molecule has 18 heavy (non-hydrogen) atoms. The van der Waals surface area contributed by atoms with Crippen LogP contribution in [0.2, 0.25) is 0 Å². The van der Waals surface area contributed by atoms with Crippen LogP contribution in [0.15, 0.2) is 18.2 Å². The summed E-state index contributed by atoms with van der Waals surface area (Å²) < 4.78 is 5.87. The summed E-state index contributed by atoms with van der Waals surface area (Å²) in [6.07, 6.45) is 6.46. The molecule has 1 aromatic carbocycles. The molecule has 0 aliphatic carbocycles. The van der Waals surface area contributed by atoms with E-state index in [1.165, 1.54) is 43.2 Å². The van der Waals surface area contributed by atoms with Gasteiger partial charge in [0.05, 0.1) is 6.61 Å². The van der Waals surface area contributed by atoms with Crippen LogP contribution in [0.4, 0.5) is 0 Å². The molecular formula is C17H28O. The second-order valence-corrected chi connectivity index (χ2v) is 5.62. The van der Waals surface area contributed by atoms with Gasteiger partial charge in [0.1, 0.15) is 5.75 Å². The van der Waals surface area contributed by atoms with Crippen LogP contribution in [0.3, 0.4) is 0 Å². The average Bonchev–Trinajstić information content (AvgIpc) is 2.34. The van der Waals surface area contributed by atoms with Crippen LogP contribution in [0.1, 0.15) is 57.6 Å². The predicted octanol–water partition coefficient (Wildman–Crippen LogP) is 5.15. The zero-order valence-corrected chi connectivity index (χ0v) is 12.5. The Bertz CT molecular complexity index is 341. The molecule has 0 aliphatic heterocycles. The van der Waals surface area contributed by atoms with Gasteiger partial charge < -0.3 is 4.74 Å². The molecule has 0 spiro atoms. The molecule has 0 radical (unpaired) electrons. The summed E-state index contributed by atoms with van der Waals surface area (Å²) in [4.78, 5) is 0. The van der Waals surface area contributed by atoms with Gasteiger partial charge in [-0.05, 0) is 42.9 Å². The lowest BCUT2D eigenvalue weighted by Gasteiger charge is -2.12. The molecule has 0 unspecified atom stereocenters. The minimum atomic E-state index is 0.581. The van der Waals surface area contributed by atoms with Gasteiger partial charge in [-0.15, -0.1) is 0 Å². The van der Waals surface area contributed by atoms with Gasteiger partial charge >= 0.3 is 0 Å². The van der Waals surface area contributed by atoms with Crippen molar-refractivity contribution < 1.29 is 4.74 Å². The zero-order valence-electron chi connectivity index (χ0n) is 12.5. The number of aryl methyl sites for hydroxylation is 2. The highest BCUT2D eigenvalue weighted by Crippen LogP contribution is 2.21. The molecule has 1 nitrogen and oxygen atoms in total. The number of rotatable bonds is 8. The lowest BCUT2D eigenvalue weighted by molar-refractivity contribution is 0.269. The fraction of sp³-hybridized carbons (Fsp3) is 0.647. The zero-order chi connectivity index (χ0) is 13.4. The number of unbranched alkanes of at least 4 members (excludes halogenated alkanes) is 3. The lowest BCUT2D eigenvalue weighted by Crippen LogP contribution is -2.05. The predicted molar refractivity (Wildman–Crippen MR) is 79.4 cm³/mol. The summed E-state index contributed by atoms with van der Waals surface area (Å²) in [6, 6.07) is 6.65. The van der Waals surface area contributed by atoms with Crippen LogP contribution in [0, 0.1) is 12.8 Å². The van der Waals surface area contributed by atoms with E-state index in [4.69, 9.17) is 4.74 Å². The van der Waals surface area contributed by atoms with Crippen LogP contribution in [0.5, 0.6) is 5.75 Å². The van der Waals surface area contributed by atoms with Gasteiger partial charge in [-0.25, -0.2) is 0 Å². The normalized spacial score (nSPS) is 10.9. The van der Waals surface area contributed by atoms with Crippen molar-refractivity contribution in [3.05, 3.63) is 29.3 Å². The van der Waals surface area contributed by atoms with E-state index in [1.807, 2.05) is 0 Å². The summed E-state index contributed by atoms with van der Waals surface area (Å²) in [5.41, 5.74) is 2.66. The monoisotopic (exact) mass is 248 g/mol. The Morgan fingerprint density at radius 3 is 2.56 bits per heavy atom. The molecule has 0 saturated carbocycles. The molecule has 102 valence electrons. The van der Waals surface area contributed by atoms with E-state index in [2.05, 4.69) is 45.9 Å². The molecule has 0 saturated heterocycles. The Kier molecular flexibility index (Phi) is 6.85. The van der Waals surface area contributed by atoms with Crippen molar-refractivity contribution in [3.8, 4) is 5.75 Å². The van der Waals surface area contributed by atoms with E-state index < -0.39 is 0 Å². The number of ether oxygens (including phenoxy) is 1. The first-order valence-electron chi connectivity index (χ1n) is 7.35. The van der Waals surface area contributed by atoms with Crippen LogP contribution in [0.25, 0.3) is 0 Å². The smallest absolute Gasteiger partial charge is 0.122 e. The standard InChI is InChI=1S/C17H28O/c1-5-6-7-8-9-16-11-10-15(4)17(12-16)18-13-14(2)3/h10-12,14H,5-9,13H2,1-4H3. The number of hydrogen-bond acceptors (Lipinski definition) is 1. The largest absolute Gasteiger partial charge is 0.493 e. The Morgan fingerprint density at radius 2 is 1.89 bits per heavy atom. The summed E-state index contributed by atoms with van der Waals surface area (Å²) in [5.74, 6) is 1.65. The first-order chi connectivity index (χ1) is 8.63. The molecule has 0 atom stereocenters. The lowest BCUT2D eigenvalue weighted by atomic mass is 10.0. The van der Waals surface area contributed by atoms with Gasteiger partial charge in [0.15, 0.2) is 0 Å². The van der Waals surface area contributed by atoms with Gasteiger partial charge in [0, 0.05) is 0 Å². The van der Waals surface area contributed by atoms with E-state index in [1.54, 1.807) is 0 Å². The first kappa shape index (κ1) is 15.1. The highest BCUT2D eigenvalue weighted by molar-refractivity contribution is 5.36. The molecule has 0 amide bonds. The van der Waals surface area contributed by atoms with Gasteiger partial charge in [-0.1, -0.05) is 52.2 Å². The van der Waals surface area contributed by atoms with Crippen molar-refractivity contribution in [2.24, 2.45) is 5.92 Å². The highest BCUT2D eigenvalue weighted by Gasteiger charge is 2.03. The third kappa shape index (κ3) is 5.57. The van der Waals surface area contributed by atoms with Crippen molar-refractivity contribution in [1.29, 1.82) is 0 Å².